The van der Waals surface area contributed by atoms with Crippen molar-refractivity contribution < 1.29 is 9.63 Å². The topological polar surface area (TPSA) is 56.0 Å². The molecule has 1 aliphatic rings. The van der Waals surface area contributed by atoms with Crippen LogP contribution in [-0.4, -0.2) is 21.6 Å². The molecule has 0 saturated heterocycles. The van der Waals surface area contributed by atoms with Crippen LogP contribution in [0.15, 0.2) is 53.7 Å². The Morgan fingerprint density at radius 1 is 1.03 bits per heavy atom. The number of fused-ring (bicyclic) bond motifs is 3. The van der Waals surface area contributed by atoms with Gasteiger partial charge in [0.1, 0.15) is 0 Å². The lowest BCUT2D eigenvalue weighted by Crippen LogP contribution is -2.06. The van der Waals surface area contributed by atoms with E-state index >= 15 is 0 Å². The normalized spacial score (nSPS) is 13.6. The summed E-state index contributed by atoms with van der Waals surface area (Å²) < 4.78 is 2.14. The quantitative estimate of drug-likeness (QED) is 0.196. The standard InChI is InChI=1S/C23H17Cl2N3O2S/c24-16-9-5-14(6-10-16)21-19(13-26-30-22(29)15-7-11-17(25)12-8-15)28-18-3-1-2-4-20(18)31-23(28)27-21/h5-13H,1-4H2/b26-13-. The molecule has 2 aromatic heterocycles. The molecule has 0 aliphatic heterocycles. The number of imidazole rings is 1. The monoisotopic (exact) mass is 469 g/mol. The van der Waals surface area contributed by atoms with E-state index < -0.39 is 5.97 Å². The van der Waals surface area contributed by atoms with Gasteiger partial charge >= 0.3 is 5.97 Å². The van der Waals surface area contributed by atoms with E-state index in [0.717, 1.165) is 41.2 Å². The van der Waals surface area contributed by atoms with Crippen LogP contribution >= 0.6 is 34.5 Å². The molecule has 0 spiro atoms. The van der Waals surface area contributed by atoms with Gasteiger partial charge in [0.2, 0.25) is 0 Å². The first-order valence-corrected chi connectivity index (χ1v) is 11.5. The first-order chi connectivity index (χ1) is 15.1. The average molecular weight is 470 g/mol. The highest BCUT2D eigenvalue weighted by molar-refractivity contribution is 7.17. The Bertz CT molecular complexity index is 1290. The predicted octanol–water partition coefficient (Wildman–Crippen LogP) is 6.44. The number of rotatable bonds is 4. The molecule has 8 heteroatoms. The lowest BCUT2D eigenvalue weighted by Gasteiger charge is -2.11. The number of oxime groups is 1. The number of benzene rings is 2. The van der Waals surface area contributed by atoms with Gasteiger partial charge in [0.15, 0.2) is 4.96 Å². The van der Waals surface area contributed by atoms with Crippen LogP contribution < -0.4 is 0 Å². The molecule has 0 fully saturated rings. The molecular weight excluding hydrogens is 453 g/mol. The minimum Gasteiger partial charge on any atom is -0.313 e. The molecule has 0 amide bonds. The van der Waals surface area contributed by atoms with Crippen molar-refractivity contribution in [2.75, 3.05) is 0 Å². The molecule has 0 unspecified atom stereocenters. The largest absolute Gasteiger partial charge is 0.365 e. The van der Waals surface area contributed by atoms with Crippen molar-refractivity contribution in [3.05, 3.63) is 80.4 Å². The van der Waals surface area contributed by atoms with Gasteiger partial charge in [-0.05, 0) is 62.1 Å². The Kier molecular flexibility index (Phi) is 5.52. The molecular formula is C23H17Cl2N3O2S. The van der Waals surface area contributed by atoms with E-state index in [2.05, 4.69) is 9.56 Å². The summed E-state index contributed by atoms with van der Waals surface area (Å²) in [5.74, 6) is -0.547. The number of nitrogens with zero attached hydrogens (tertiary/aromatic N) is 3. The SMILES string of the molecule is O=C(O/N=C\c1c(-c2ccc(Cl)cc2)nc2sc3c(n12)CCCC3)c1ccc(Cl)cc1. The molecule has 31 heavy (non-hydrogen) atoms. The van der Waals surface area contributed by atoms with Crippen molar-refractivity contribution in [2.24, 2.45) is 5.16 Å². The maximum Gasteiger partial charge on any atom is 0.365 e. The van der Waals surface area contributed by atoms with Crippen molar-refractivity contribution in [3.8, 4) is 11.3 Å². The zero-order valence-electron chi connectivity index (χ0n) is 16.3. The Balaban J connectivity index is 1.53. The maximum absolute atomic E-state index is 12.3. The fourth-order valence-corrected chi connectivity index (χ4v) is 5.23. The summed E-state index contributed by atoms with van der Waals surface area (Å²) in [6.45, 7) is 0. The third kappa shape index (κ3) is 3.99. The molecule has 156 valence electrons. The van der Waals surface area contributed by atoms with Gasteiger partial charge < -0.3 is 4.84 Å². The van der Waals surface area contributed by atoms with Gasteiger partial charge in [-0.25, -0.2) is 9.78 Å². The van der Waals surface area contributed by atoms with Gasteiger partial charge in [0, 0.05) is 26.2 Å². The van der Waals surface area contributed by atoms with Crippen LogP contribution in [0.5, 0.6) is 0 Å². The second kappa shape index (κ2) is 8.46. The van der Waals surface area contributed by atoms with Crippen LogP contribution in [0.2, 0.25) is 10.0 Å². The fourth-order valence-electron chi connectivity index (χ4n) is 3.76. The van der Waals surface area contributed by atoms with E-state index in [1.165, 1.54) is 17.0 Å². The van der Waals surface area contributed by atoms with Gasteiger partial charge in [0.05, 0.1) is 23.2 Å². The minimum absolute atomic E-state index is 0.380. The second-order valence-electron chi connectivity index (χ2n) is 7.27. The second-order valence-corrected chi connectivity index (χ2v) is 9.20. The summed E-state index contributed by atoms with van der Waals surface area (Å²) >= 11 is 13.7. The van der Waals surface area contributed by atoms with E-state index in [1.54, 1.807) is 41.8 Å². The Morgan fingerprint density at radius 2 is 1.71 bits per heavy atom. The summed E-state index contributed by atoms with van der Waals surface area (Å²) in [6.07, 6.45) is 5.98. The van der Waals surface area contributed by atoms with Gasteiger partial charge in [-0.1, -0.05) is 40.5 Å². The van der Waals surface area contributed by atoms with Crippen LogP contribution in [0.3, 0.4) is 0 Å². The van der Waals surface area contributed by atoms with Crippen LogP contribution in [0.25, 0.3) is 16.2 Å². The van der Waals surface area contributed by atoms with Crippen LogP contribution in [-0.2, 0) is 17.7 Å². The van der Waals surface area contributed by atoms with Gasteiger partial charge in [-0.15, -0.1) is 11.3 Å². The number of aryl methyl sites for hydroxylation is 2. The number of hydrogen-bond donors (Lipinski definition) is 0. The summed E-state index contributed by atoms with van der Waals surface area (Å²) in [5, 5.41) is 5.22. The molecule has 0 radical (unpaired) electrons. The molecule has 5 nitrogen and oxygen atoms in total. The molecule has 5 rings (SSSR count). The number of halogens is 2. The number of thiazole rings is 1. The molecule has 0 bridgehead atoms. The maximum atomic E-state index is 12.3. The van der Waals surface area contributed by atoms with E-state index in [-0.39, 0.29) is 0 Å². The molecule has 2 heterocycles. The molecule has 0 N–H and O–H groups in total. The van der Waals surface area contributed by atoms with Crippen molar-refractivity contribution in [3.63, 3.8) is 0 Å². The first-order valence-electron chi connectivity index (χ1n) is 9.89. The number of carbonyl (C=O) groups is 1. The zero-order chi connectivity index (χ0) is 21.4. The number of aromatic nitrogens is 2. The van der Waals surface area contributed by atoms with E-state index in [4.69, 9.17) is 33.0 Å². The Hall–Kier alpha value is -2.67. The summed E-state index contributed by atoms with van der Waals surface area (Å²) in [7, 11) is 0. The molecule has 0 saturated carbocycles. The van der Waals surface area contributed by atoms with Gasteiger partial charge in [0.25, 0.3) is 0 Å². The van der Waals surface area contributed by atoms with E-state index in [0.29, 0.717) is 15.6 Å². The zero-order valence-corrected chi connectivity index (χ0v) is 18.7. The smallest absolute Gasteiger partial charge is 0.313 e. The van der Waals surface area contributed by atoms with E-state index in [9.17, 15) is 4.79 Å². The van der Waals surface area contributed by atoms with Crippen LogP contribution in [0.1, 0.15) is 39.5 Å². The van der Waals surface area contributed by atoms with Crippen molar-refractivity contribution in [1.82, 2.24) is 9.38 Å². The van der Waals surface area contributed by atoms with Crippen molar-refractivity contribution in [1.29, 1.82) is 0 Å². The predicted molar refractivity (Wildman–Crippen MR) is 125 cm³/mol. The molecule has 0 atom stereocenters. The highest BCUT2D eigenvalue weighted by Crippen LogP contribution is 2.34. The molecule has 4 aromatic rings. The summed E-state index contributed by atoms with van der Waals surface area (Å²) in [6, 6.07) is 14.0. The van der Waals surface area contributed by atoms with Crippen molar-refractivity contribution >= 4 is 51.7 Å². The fraction of sp³-hybridized carbons (Fsp3) is 0.174. The average Bonchev–Trinajstić information content (AvgIpc) is 3.31. The van der Waals surface area contributed by atoms with Crippen molar-refractivity contribution in [2.45, 2.75) is 25.7 Å². The Morgan fingerprint density at radius 3 is 2.45 bits per heavy atom. The van der Waals surface area contributed by atoms with Gasteiger partial charge in [-0.2, -0.15) is 0 Å². The highest BCUT2D eigenvalue weighted by atomic mass is 35.5. The molecule has 2 aromatic carbocycles. The van der Waals surface area contributed by atoms with E-state index in [1.807, 2.05) is 24.3 Å². The highest BCUT2D eigenvalue weighted by Gasteiger charge is 2.22. The molecule has 1 aliphatic carbocycles. The lowest BCUT2D eigenvalue weighted by molar-refractivity contribution is 0.0519. The third-order valence-electron chi connectivity index (χ3n) is 5.26. The van der Waals surface area contributed by atoms with Gasteiger partial charge in [-0.3, -0.25) is 4.40 Å². The number of hydrogen-bond acceptors (Lipinski definition) is 5. The van der Waals surface area contributed by atoms with Crippen LogP contribution in [0, 0.1) is 0 Å². The van der Waals surface area contributed by atoms with Crippen LogP contribution in [0.4, 0.5) is 0 Å². The minimum atomic E-state index is -0.547. The summed E-state index contributed by atoms with van der Waals surface area (Å²) in [4.78, 5) is 24.6. The Labute approximate surface area is 192 Å². The lowest BCUT2D eigenvalue weighted by atomic mass is 10.0. The third-order valence-corrected chi connectivity index (χ3v) is 6.91. The first kappa shape index (κ1) is 20.2. The summed E-state index contributed by atoms with van der Waals surface area (Å²) in [5.41, 5.74) is 4.15. The number of carbonyl (C=O) groups excluding carboxylic acids is 1.